The van der Waals surface area contributed by atoms with Crippen LogP contribution in [0.4, 0.5) is 13.2 Å². The van der Waals surface area contributed by atoms with Crippen LogP contribution in [0.25, 0.3) is 0 Å². The lowest BCUT2D eigenvalue weighted by molar-refractivity contribution is -0.192. The highest BCUT2D eigenvalue weighted by molar-refractivity contribution is 5.71. The number of carbonyl (C=O) groups is 1. The van der Waals surface area contributed by atoms with Crippen LogP contribution in [0.1, 0.15) is 5.56 Å². The summed E-state index contributed by atoms with van der Waals surface area (Å²) in [6.45, 7) is -0.483. The van der Waals surface area contributed by atoms with Crippen LogP contribution in [0, 0.1) is 5.92 Å². The van der Waals surface area contributed by atoms with Gasteiger partial charge >= 0.3 is 12.1 Å². The number of benzene rings is 1. The van der Waals surface area contributed by atoms with Gasteiger partial charge in [0.15, 0.2) is 5.92 Å². The van der Waals surface area contributed by atoms with Crippen LogP contribution in [-0.2, 0) is 11.2 Å². The van der Waals surface area contributed by atoms with Crippen molar-refractivity contribution in [2.75, 3.05) is 13.1 Å². The molecule has 1 aromatic rings. The SMILES string of the molecule is O=C(O)C(CNCC1Cc2ccccc2O1)C(F)(F)F. The number of aliphatic carboxylic acids is 1. The number of rotatable bonds is 5. The maximum absolute atomic E-state index is 12.4. The molecule has 4 nitrogen and oxygen atoms in total. The normalized spacial score (nSPS) is 19.2. The Kier molecular flexibility index (Phi) is 4.17. The van der Waals surface area contributed by atoms with E-state index in [0.29, 0.717) is 6.42 Å². The number of hydrogen-bond donors (Lipinski definition) is 2. The molecule has 2 atom stereocenters. The first-order valence-electron chi connectivity index (χ1n) is 6.12. The van der Waals surface area contributed by atoms with Gasteiger partial charge in [-0.05, 0) is 11.6 Å². The molecular weight excluding hydrogens is 275 g/mol. The number of nitrogens with one attached hydrogen (secondary N) is 1. The summed E-state index contributed by atoms with van der Waals surface area (Å²) in [6.07, 6.45) is -4.42. The van der Waals surface area contributed by atoms with E-state index in [4.69, 9.17) is 9.84 Å². The summed E-state index contributed by atoms with van der Waals surface area (Å²) in [5.74, 6) is -3.54. The largest absolute Gasteiger partial charge is 0.488 e. The molecule has 1 aromatic carbocycles. The minimum absolute atomic E-state index is 0.175. The van der Waals surface area contributed by atoms with E-state index < -0.39 is 24.6 Å². The van der Waals surface area contributed by atoms with Gasteiger partial charge in [0.25, 0.3) is 0 Å². The first kappa shape index (κ1) is 14.6. The summed E-state index contributed by atoms with van der Waals surface area (Å²) >= 11 is 0. The van der Waals surface area contributed by atoms with Crippen LogP contribution in [0.5, 0.6) is 5.75 Å². The average molecular weight is 289 g/mol. The van der Waals surface area contributed by atoms with Gasteiger partial charge in [0.05, 0.1) is 0 Å². The minimum atomic E-state index is -4.75. The molecule has 1 aliphatic heterocycles. The van der Waals surface area contributed by atoms with Crippen LogP contribution >= 0.6 is 0 Å². The molecule has 20 heavy (non-hydrogen) atoms. The summed E-state index contributed by atoms with van der Waals surface area (Å²) in [4.78, 5) is 10.6. The standard InChI is InChI=1S/C13H14F3NO3/c14-13(15,16)10(12(18)19)7-17-6-9-5-8-3-1-2-4-11(8)20-9/h1-4,9-10,17H,5-7H2,(H,18,19). The lowest BCUT2D eigenvalue weighted by Gasteiger charge is -2.18. The quantitative estimate of drug-likeness (QED) is 0.868. The highest BCUT2D eigenvalue weighted by Gasteiger charge is 2.44. The van der Waals surface area contributed by atoms with Crippen molar-refractivity contribution in [1.82, 2.24) is 5.32 Å². The molecule has 0 aromatic heterocycles. The van der Waals surface area contributed by atoms with E-state index in [0.717, 1.165) is 11.3 Å². The Balaban J connectivity index is 1.81. The van der Waals surface area contributed by atoms with Crippen LogP contribution in [-0.4, -0.2) is 36.4 Å². The van der Waals surface area contributed by atoms with Gasteiger partial charge in [0.1, 0.15) is 11.9 Å². The van der Waals surface area contributed by atoms with Gasteiger partial charge < -0.3 is 15.2 Å². The average Bonchev–Trinajstić information content (AvgIpc) is 2.75. The van der Waals surface area contributed by atoms with Gasteiger partial charge in [0.2, 0.25) is 0 Å². The lowest BCUT2D eigenvalue weighted by Crippen LogP contribution is -2.41. The molecule has 0 saturated heterocycles. The highest BCUT2D eigenvalue weighted by Crippen LogP contribution is 2.28. The second-order valence-corrected chi connectivity index (χ2v) is 4.64. The van der Waals surface area contributed by atoms with Gasteiger partial charge in [-0.15, -0.1) is 0 Å². The third kappa shape index (κ3) is 3.41. The second-order valence-electron chi connectivity index (χ2n) is 4.64. The smallest absolute Gasteiger partial charge is 0.403 e. The number of alkyl halides is 3. The van der Waals surface area contributed by atoms with Gasteiger partial charge in [-0.25, -0.2) is 0 Å². The monoisotopic (exact) mass is 289 g/mol. The van der Waals surface area contributed by atoms with Crippen molar-refractivity contribution in [2.45, 2.75) is 18.7 Å². The van der Waals surface area contributed by atoms with Crippen molar-refractivity contribution in [1.29, 1.82) is 0 Å². The van der Waals surface area contributed by atoms with E-state index in [-0.39, 0.29) is 12.6 Å². The zero-order valence-electron chi connectivity index (χ0n) is 10.5. The third-order valence-corrected chi connectivity index (χ3v) is 3.13. The molecule has 0 saturated carbocycles. The fraction of sp³-hybridized carbons (Fsp3) is 0.462. The zero-order chi connectivity index (χ0) is 14.8. The van der Waals surface area contributed by atoms with Gasteiger partial charge in [-0.1, -0.05) is 18.2 Å². The molecule has 0 aliphatic carbocycles. The van der Waals surface area contributed by atoms with Crippen molar-refractivity contribution >= 4 is 5.97 Å². The van der Waals surface area contributed by atoms with Crippen molar-refractivity contribution in [3.8, 4) is 5.75 Å². The Morgan fingerprint density at radius 3 is 2.75 bits per heavy atom. The number of ether oxygens (including phenoxy) is 1. The van der Waals surface area contributed by atoms with E-state index in [1.807, 2.05) is 18.2 Å². The number of halogens is 3. The van der Waals surface area contributed by atoms with Crippen LogP contribution in [0.2, 0.25) is 0 Å². The Bertz CT molecular complexity index is 465. The van der Waals surface area contributed by atoms with Crippen molar-refractivity contribution in [3.63, 3.8) is 0 Å². The summed E-state index contributed by atoms with van der Waals surface area (Å²) < 4.78 is 42.8. The molecule has 1 heterocycles. The van der Waals surface area contributed by atoms with Gasteiger partial charge in [-0.2, -0.15) is 13.2 Å². The predicted octanol–water partition coefficient (Wildman–Crippen LogP) is 1.84. The van der Waals surface area contributed by atoms with E-state index in [1.165, 1.54) is 0 Å². The predicted molar refractivity (Wildman–Crippen MR) is 64.6 cm³/mol. The van der Waals surface area contributed by atoms with Crippen LogP contribution < -0.4 is 10.1 Å². The Morgan fingerprint density at radius 1 is 1.45 bits per heavy atom. The molecular formula is C13H14F3NO3. The molecule has 0 spiro atoms. The zero-order valence-corrected chi connectivity index (χ0v) is 10.5. The van der Waals surface area contributed by atoms with E-state index in [9.17, 15) is 18.0 Å². The summed E-state index contributed by atoms with van der Waals surface area (Å²) in [6, 6.07) is 7.37. The number of para-hydroxylation sites is 1. The first-order chi connectivity index (χ1) is 9.38. The summed E-state index contributed by atoms with van der Waals surface area (Å²) in [5, 5.41) is 11.1. The highest BCUT2D eigenvalue weighted by atomic mass is 19.4. The number of carboxylic acids is 1. The fourth-order valence-corrected chi connectivity index (χ4v) is 2.10. The maximum Gasteiger partial charge on any atom is 0.403 e. The third-order valence-electron chi connectivity index (χ3n) is 3.13. The van der Waals surface area contributed by atoms with Crippen LogP contribution in [0.3, 0.4) is 0 Å². The molecule has 110 valence electrons. The van der Waals surface area contributed by atoms with Crippen molar-refractivity contribution < 1.29 is 27.8 Å². The number of fused-ring (bicyclic) bond motifs is 1. The summed E-state index contributed by atoms with van der Waals surface area (Å²) in [5.41, 5.74) is 1.00. The lowest BCUT2D eigenvalue weighted by atomic mass is 10.1. The molecule has 0 fully saturated rings. The van der Waals surface area contributed by atoms with Crippen LogP contribution in [0.15, 0.2) is 24.3 Å². The van der Waals surface area contributed by atoms with E-state index in [2.05, 4.69) is 5.32 Å². The first-order valence-corrected chi connectivity index (χ1v) is 6.12. The number of carboxylic acid groups (broad SMARTS) is 1. The number of hydrogen-bond acceptors (Lipinski definition) is 3. The maximum atomic E-state index is 12.4. The fourth-order valence-electron chi connectivity index (χ4n) is 2.10. The van der Waals surface area contributed by atoms with Gasteiger partial charge in [0, 0.05) is 19.5 Å². The molecule has 0 radical (unpaired) electrons. The Labute approximate surface area is 113 Å². The van der Waals surface area contributed by atoms with Gasteiger partial charge in [-0.3, -0.25) is 4.79 Å². The molecule has 2 rings (SSSR count). The molecule has 7 heteroatoms. The minimum Gasteiger partial charge on any atom is -0.488 e. The molecule has 0 bridgehead atoms. The second kappa shape index (κ2) is 5.70. The molecule has 1 aliphatic rings. The van der Waals surface area contributed by atoms with E-state index in [1.54, 1.807) is 6.07 Å². The molecule has 0 amide bonds. The van der Waals surface area contributed by atoms with Crippen molar-refractivity contribution in [2.24, 2.45) is 5.92 Å². The molecule has 2 N–H and O–H groups in total. The Morgan fingerprint density at radius 2 is 2.15 bits per heavy atom. The van der Waals surface area contributed by atoms with Crippen molar-refractivity contribution in [3.05, 3.63) is 29.8 Å². The van der Waals surface area contributed by atoms with E-state index >= 15 is 0 Å². The molecule has 2 unspecified atom stereocenters. The topological polar surface area (TPSA) is 58.6 Å². The summed E-state index contributed by atoms with van der Waals surface area (Å²) in [7, 11) is 0. The Hall–Kier alpha value is -1.76.